The molecule has 176 valence electrons. The molecule has 4 rings (SSSR count). The number of aryl methyl sites for hydroxylation is 1. The summed E-state index contributed by atoms with van der Waals surface area (Å²) in [5.74, 6) is -0.146. The van der Waals surface area contributed by atoms with Gasteiger partial charge in [0.15, 0.2) is 15.0 Å². The van der Waals surface area contributed by atoms with Crippen molar-refractivity contribution in [2.45, 2.75) is 25.2 Å². The number of fused-ring (bicyclic) bond motifs is 1. The molecule has 0 saturated carbocycles. The highest BCUT2D eigenvalue weighted by molar-refractivity contribution is 7.91. The lowest BCUT2D eigenvalue weighted by Gasteiger charge is -2.27. The zero-order valence-electron chi connectivity index (χ0n) is 19.0. The maximum atomic E-state index is 13.5. The highest BCUT2D eigenvalue weighted by atomic mass is 32.2. The Morgan fingerprint density at radius 1 is 1.15 bits per heavy atom. The molecule has 9 heteroatoms. The van der Waals surface area contributed by atoms with Crippen LogP contribution in [0.25, 0.3) is 10.2 Å². The molecule has 0 atom stereocenters. The number of ether oxygens (including phenoxy) is 1. The molecule has 0 spiro atoms. The molecule has 1 fully saturated rings. The zero-order valence-corrected chi connectivity index (χ0v) is 20.6. The average Bonchev–Trinajstić information content (AvgIpc) is 3.25. The molecule has 0 aliphatic carbocycles. The molecular formula is C24H29N3O4S2. The van der Waals surface area contributed by atoms with Crippen LogP contribution in [-0.2, 0) is 14.6 Å². The quantitative estimate of drug-likeness (QED) is 0.481. The fourth-order valence-electron chi connectivity index (χ4n) is 3.82. The maximum Gasteiger partial charge on any atom is 0.260 e. The number of thiazole rings is 1. The summed E-state index contributed by atoms with van der Waals surface area (Å²) < 4.78 is 30.7. The molecule has 2 heterocycles. The third kappa shape index (κ3) is 5.60. The van der Waals surface area contributed by atoms with Gasteiger partial charge in [-0.3, -0.25) is 14.6 Å². The van der Waals surface area contributed by atoms with Crippen LogP contribution < -0.4 is 4.90 Å². The first kappa shape index (κ1) is 23.8. The summed E-state index contributed by atoms with van der Waals surface area (Å²) in [5, 5.41) is 0.660. The number of carbonyl (C=O) groups excluding carboxylic acids is 1. The van der Waals surface area contributed by atoms with Crippen LogP contribution in [0.3, 0.4) is 0 Å². The van der Waals surface area contributed by atoms with Crippen LogP contribution in [0.4, 0.5) is 5.13 Å². The predicted molar refractivity (Wildman–Crippen MR) is 132 cm³/mol. The van der Waals surface area contributed by atoms with Crippen LogP contribution in [-0.4, -0.2) is 69.4 Å². The Morgan fingerprint density at radius 3 is 2.58 bits per heavy atom. The van der Waals surface area contributed by atoms with E-state index in [4.69, 9.17) is 9.72 Å². The van der Waals surface area contributed by atoms with Crippen molar-refractivity contribution in [2.24, 2.45) is 0 Å². The number of hydrogen-bond acceptors (Lipinski definition) is 7. The Kier molecular flexibility index (Phi) is 7.43. The number of benzene rings is 2. The van der Waals surface area contributed by atoms with Crippen molar-refractivity contribution in [1.29, 1.82) is 0 Å². The summed E-state index contributed by atoms with van der Waals surface area (Å²) in [5.41, 5.74) is 2.47. The lowest BCUT2D eigenvalue weighted by Crippen LogP contribution is -2.39. The van der Waals surface area contributed by atoms with E-state index < -0.39 is 9.84 Å². The minimum atomic E-state index is -3.31. The molecule has 1 aromatic heterocycles. The molecule has 2 aromatic carbocycles. The van der Waals surface area contributed by atoms with Crippen molar-refractivity contribution < 1.29 is 17.9 Å². The maximum absolute atomic E-state index is 13.5. The van der Waals surface area contributed by atoms with Crippen molar-refractivity contribution in [3.8, 4) is 0 Å². The second kappa shape index (κ2) is 10.3. The van der Waals surface area contributed by atoms with E-state index in [2.05, 4.69) is 11.0 Å². The Labute approximate surface area is 198 Å². The van der Waals surface area contributed by atoms with Crippen LogP contribution in [0.2, 0.25) is 0 Å². The second-order valence-corrected chi connectivity index (χ2v) is 11.4. The Bertz CT molecular complexity index is 1220. The van der Waals surface area contributed by atoms with Gasteiger partial charge >= 0.3 is 0 Å². The summed E-state index contributed by atoms with van der Waals surface area (Å²) in [6.45, 7) is 8.35. The number of amides is 1. The molecule has 33 heavy (non-hydrogen) atoms. The van der Waals surface area contributed by atoms with Crippen molar-refractivity contribution in [1.82, 2.24) is 9.88 Å². The number of morpholine rings is 1. The third-order valence-corrected chi connectivity index (χ3v) is 8.60. The van der Waals surface area contributed by atoms with Crippen molar-refractivity contribution in [3.63, 3.8) is 0 Å². The Morgan fingerprint density at radius 2 is 1.88 bits per heavy atom. The summed E-state index contributed by atoms with van der Waals surface area (Å²) in [6.07, 6.45) is 0.809. The Balaban J connectivity index is 1.58. The van der Waals surface area contributed by atoms with Crippen molar-refractivity contribution in [3.05, 3.63) is 53.6 Å². The van der Waals surface area contributed by atoms with E-state index in [1.807, 2.05) is 19.1 Å². The summed E-state index contributed by atoms with van der Waals surface area (Å²) in [6, 6.07) is 12.3. The molecule has 0 bridgehead atoms. The minimum Gasteiger partial charge on any atom is -0.379 e. The lowest BCUT2D eigenvalue weighted by atomic mass is 10.2. The molecule has 1 amide bonds. The molecule has 1 aliphatic rings. The zero-order chi connectivity index (χ0) is 23.4. The van der Waals surface area contributed by atoms with E-state index in [-0.39, 0.29) is 16.6 Å². The van der Waals surface area contributed by atoms with Gasteiger partial charge in [0.25, 0.3) is 5.91 Å². The number of nitrogens with zero attached hydrogens (tertiary/aromatic N) is 3. The van der Waals surface area contributed by atoms with E-state index in [0.29, 0.717) is 17.2 Å². The van der Waals surface area contributed by atoms with Gasteiger partial charge in [-0.2, -0.15) is 0 Å². The molecule has 1 aliphatic heterocycles. The van der Waals surface area contributed by atoms with Gasteiger partial charge in [0.1, 0.15) is 0 Å². The number of hydrogen-bond donors (Lipinski definition) is 0. The minimum absolute atomic E-state index is 0.0269. The number of anilines is 1. The standard InChI is InChI=1S/C24H29N3O4S2/c1-3-33(29,30)20-8-6-19(7-9-20)23(28)27(12-4-11-26-13-15-31-16-14-26)24-25-21-10-5-18(2)17-22(21)32-24/h5-10,17H,3-4,11-16H2,1-2H3. The van der Waals surface area contributed by atoms with Crippen molar-refractivity contribution >= 4 is 42.4 Å². The highest BCUT2D eigenvalue weighted by Crippen LogP contribution is 2.31. The number of carbonyl (C=O) groups is 1. The van der Waals surface area contributed by atoms with Crippen LogP contribution in [0.15, 0.2) is 47.4 Å². The van der Waals surface area contributed by atoms with Crippen molar-refractivity contribution in [2.75, 3.05) is 50.0 Å². The van der Waals surface area contributed by atoms with E-state index in [1.165, 1.54) is 23.5 Å². The fourth-order valence-corrected chi connectivity index (χ4v) is 5.80. The van der Waals surface area contributed by atoms with Gasteiger partial charge in [-0.25, -0.2) is 13.4 Å². The van der Waals surface area contributed by atoms with Gasteiger partial charge in [-0.05, 0) is 55.3 Å². The molecule has 1 saturated heterocycles. The van der Waals surface area contributed by atoms with Gasteiger partial charge in [0, 0.05) is 31.7 Å². The molecule has 0 radical (unpaired) electrons. The van der Waals surface area contributed by atoms with Gasteiger partial charge in [-0.1, -0.05) is 24.3 Å². The van der Waals surface area contributed by atoms with E-state index in [9.17, 15) is 13.2 Å². The Hall–Kier alpha value is -2.33. The van der Waals surface area contributed by atoms with Crippen LogP contribution in [0.5, 0.6) is 0 Å². The fraction of sp³-hybridized carbons (Fsp3) is 0.417. The van der Waals surface area contributed by atoms with E-state index in [1.54, 1.807) is 24.0 Å². The summed E-state index contributed by atoms with van der Waals surface area (Å²) >= 11 is 1.50. The topological polar surface area (TPSA) is 79.8 Å². The molecule has 0 unspecified atom stereocenters. The van der Waals surface area contributed by atoms with E-state index in [0.717, 1.165) is 55.0 Å². The smallest absolute Gasteiger partial charge is 0.260 e. The highest BCUT2D eigenvalue weighted by Gasteiger charge is 2.23. The summed E-state index contributed by atoms with van der Waals surface area (Å²) in [7, 11) is -3.31. The number of sulfone groups is 1. The van der Waals surface area contributed by atoms with Crippen LogP contribution in [0, 0.1) is 6.92 Å². The second-order valence-electron chi connectivity index (χ2n) is 8.16. The van der Waals surface area contributed by atoms with Gasteiger partial charge in [-0.15, -0.1) is 0 Å². The average molecular weight is 488 g/mol. The third-order valence-electron chi connectivity index (χ3n) is 5.81. The molecule has 0 N–H and O–H groups in total. The first-order valence-corrected chi connectivity index (χ1v) is 13.7. The van der Waals surface area contributed by atoms with E-state index >= 15 is 0 Å². The number of aromatic nitrogens is 1. The monoisotopic (exact) mass is 487 g/mol. The van der Waals surface area contributed by atoms with Gasteiger partial charge < -0.3 is 4.74 Å². The van der Waals surface area contributed by atoms with Gasteiger partial charge in [0.05, 0.1) is 34.1 Å². The molecule has 7 nitrogen and oxygen atoms in total. The van der Waals surface area contributed by atoms with Crippen LogP contribution in [0.1, 0.15) is 29.3 Å². The molecule has 3 aromatic rings. The first-order valence-electron chi connectivity index (χ1n) is 11.2. The number of rotatable bonds is 8. The summed E-state index contributed by atoms with van der Waals surface area (Å²) in [4.78, 5) is 22.5. The van der Waals surface area contributed by atoms with Crippen LogP contribution >= 0.6 is 11.3 Å². The SMILES string of the molecule is CCS(=O)(=O)c1ccc(C(=O)N(CCCN2CCOCC2)c2nc3ccc(C)cc3s2)cc1. The van der Waals surface area contributed by atoms with Gasteiger partial charge in [0.2, 0.25) is 0 Å². The normalized spacial score (nSPS) is 15.1. The largest absolute Gasteiger partial charge is 0.379 e. The molecular weight excluding hydrogens is 458 g/mol. The lowest BCUT2D eigenvalue weighted by molar-refractivity contribution is 0.0376. The predicted octanol–water partition coefficient (Wildman–Crippen LogP) is 3.77. The first-order chi connectivity index (χ1) is 15.9.